The first-order valence-corrected chi connectivity index (χ1v) is 17.3. The fraction of sp³-hybridized carbons (Fsp3) is 0.600. The average Bonchev–Trinajstić information content (AvgIpc) is 3.36. The second-order valence-corrected chi connectivity index (χ2v) is 14.6. The minimum Gasteiger partial charge on any atom is -0.446 e. The molecule has 2 aromatic rings. The minimum atomic E-state index is -4.63. The number of allylic oxidation sites excluding steroid dienone is 2. The van der Waals surface area contributed by atoms with Gasteiger partial charge in [0.1, 0.15) is 11.1 Å². The molecule has 3 amide bonds. The van der Waals surface area contributed by atoms with Crippen LogP contribution in [0.3, 0.4) is 0 Å². The lowest BCUT2D eigenvalue weighted by molar-refractivity contribution is -0.139. The molecule has 0 spiro atoms. The zero-order valence-corrected chi connectivity index (χ0v) is 28.9. The number of amides is 3. The predicted octanol–water partition coefficient (Wildman–Crippen LogP) is 8.05. The highest BCUT2D eigenvalue weighted by molar-refractivity contribution is 7.13. The van der Waals surface area contributed by atoms with E-state index >= 15 is 0 Å². The van der Waals surface area contributed by atoms with Crippen molar-refractivity contribution in [3.63, 3.8) is 0 Å². The average molecular weight is 677 g/mol. The normalized spacial score (nSPS) is 22.7. The number of thiazole rings is 1. The highest BCUT2D eigenvalue weighted by Crippen LogP contribution is 2.42. The number of anilines is 1. The summed E-state index contributed by atoms with van der Waals surface area (Å²) in [5, 5.41) is 7.39. The molecule has 0 bridgehead atoms. The highest BCUT2D eigenvalue weighted by Gasteiger charge is 2.45. The standard InChI is InChI=1S/C35H47F3N4O4S/c1-7-21-16-22(21)12-10-8-9-11-15-42(6)32(44)27-19-24(18-26(27)30(43)39-5)46-33(45)40-28-17-23(35(36,37)38)13-14-25(28)31-41-29(20-47-31)34(2,3)4/h10,12-14,17,20-22,24,26-27H,7-9,11,15-16,18-19H2,1-6H3,(H,39,43)(H,40,45)/b12-10-/t21-,22+,24+,26+,27+/m0/s1. The summed E-state index contributed by atoms with van der Waals surface area (Å²) in [6, 6.07) is 3.10. The topological polar surface area (TPSA) is 101 Å². The lowest BCUT2D eigenvalue weighted by Crippen LogP contribution is -2.40. The maximum atomic E-state index is 13.6. The number of carbonyl (C=O) groups excluding carboxylic acids is 3. The first kappa shape index (κ1) is 36.4. The quantitative estimate of drug-likeness (QED) is 0.175. The molecule has 258 valence electrons. The molecule has 0 unspecified atom stereocenters. The molecule has 0 saturated heterocycles. The maximum Gasteiger partial charge on any atom is 0.416 e. The number of nitrogens with one attached hydrogen (secondary N) is 2. The largest absolute Gasteiger partial charge is 0.446 e. The monoisotopic (exact) mass is 676 g/mol. The van der Waals surface area contributed by atoms with E-state index < -0.39 is 35.8 Å². The summed E-state index contributed by atoms with van der Waals surface area (Å²) in [7, 11) is 3.21. The van der Waals surface area contributed by atoms with Crippen molar-refractivity contribution in [2.45, 2.75) is 90.3 Å². The van der Waals surface area contributed by atoms with Crippen LogP contribution in [0.4, 0.5) is 23.7 Å². The Hall–Kier alpha value is -3.41. The predicted molar refractivity (Wildman–Crippen MR) is 178 cm³/mol. The molecule has 1 aromatic heterocycles. The Labute approximate surface area is 279 Å². The third kappa shape index (κ3) is 9.58. The zero-order chi connectivity index (χ0) is 34.5. The first-order chi connectivity index (χ1) is 22.1. The molecule has 2 N–H and O–H groups in total. The lowest BCUT2D eigenvalue weighted by Gasteiger charge is -2.24. The fourth-order valence-corrected chi connectivity index (χ4v) is 7.22. The van der Waals surface area contributed by atoms with Gasteiger partial charge in [0.05, 0.1) is 28.8 Å². The fourth-order valence-electron chi connectivity index (χ4n) is 6.13. The summed E-state index contributed by atoms with van der Waals surface area (Å²) in [5.41, 5.74) is -0.196. The summed E-state index contributed by atoms with van der Waals surface area (Å²) in [5.74, 6) is -0.348. The number of aromatic nitrogens is 1. The molecule has 2 aliphatic carbocycles. The van der Waals surface area contributed by atoms with Crippen LogP contribution in [0.2, 0.25) is 0 Å². The number of halogens is 3. The number of nitrogens with zero attached hydrogens (tertiary/aromatic N) is 2. The van der Waals surface area contributed by atoms with Crippen molar-refractivity contribution in [2.24, 2.45) is 23.7 Å². The summed E-state index contributed by atoms with van der Waals surface area (Å²) < 4.78 is 46.5. The highest BCUT2D eigenvalue weighted by atomic mass is 32.1. The molecule has 2 aliphatic rings. The van der Waals surface area contributed by atoms with Crippen LogP contribution in [0.25, 0.3) is 10.6 Å². The van der Waals surface area contributed by atoms with E-state index in [9.17, 15) is 27.6 Å². The molecule has 12 heteroatoms. The van der Waals surface area contributed by atoms with Gasteiger partial charge in [0.2, 0.25) is 11.8 Å². The van der Waals surface area contributed by atoms with Crippen molar-refractivity contribution < 1.29 is 32.3 Å². The van der Waals surface area contributed by atoms with Gasteiger partial charge in [-0.25, -0.2) is 9.78 Å². The molecular weight excluding hydrogens is 629 g/mol. The van der Waals surface area contributed by atoms with Crippen molar-refractivity contribution in [2.75, 3.05) is 26.0 Å². The van der Waals surface area contributed by atoms with Gasteiger partial charge in [-0.05, 0) is 68.6 Å². The van der Waals surface area contributed by atoms with Crippen molar-refractivity contribution in [1.82, 2.24) is 15.2 Å². The number of unbranched alkanes of at least 4 members (excludes halogenated alkanes) is 2. The molecule has 0 radical (unpaired) electrons. The van der Waals surface area contributed by atoms with Crippen molar-refractivity contribution in [1.29, 1.82) is 0 Å². The second-order valence-electron chi connectivity index (χ2n) is 13.7. The smallest absolute Gasteiger partial charge is 0.416 e. The second kappa shape index (κ2) is 15.2. The Kier molecular flexibility index (Phi) is 11.8. The van der Waals surface area contributed by atoms with Gasteiger partial charge in [-0.15, -0.1) is 11.3 Å². The van der Waals surface area contributed by atoms with Gasteiger partial charge in [-0.3, -0.25) is 14.9 Å². The third-order valence-corrected chi connectivity index (χ3v) is 10.0. The van der Waals surface area contributed by atoms with E-state index in [0.717, 1.165) is 48.9 Å². The van der Waals surface area contributed by atoms with Crippen molar-refractivity contribution >= 4 is 34.9 Å². The zero-order valence-electron chi connectivity index (χ0n) is 28.1. The van der Waals surface area contributed by atoms with Crippen LogP contribution in [-0.2, 0) is 25.9 Å². The molecule has 47 heavy (non-hydrogen) atoms. The first-order valence-electron chi connectivity index (χ1n) is 16.4. The number of hydrogen-bond acceptors (Lipinski definition) is 6. The van der Waals surface area contributed by atoms with Crippen LogP contribution in [0, 0.1) is 23.7 Å². The van der Waals surface area contributed by atoms with Gasteiger partial charge in [0.25, 0.3) is 0 Å². The number of ether oxygens (including phenoxy) is 1. The van der Waals surface area contributed by atoms with Gasteiger partial charge in [-0.1, -0.05) is 46.3 Å². The summed E-state index contributed by atoms with van der Waals surface area (Å²) in [4.78, 5) is 45.6. The molecule has 0 aliphatic heterocycles. The van der Waals surface area contributed by atoms with Crippen LogP contribution in [0.1, 0.15) is 83.9 Å². The van der Waals surface area contributed by atoms with Crippen LogP contribution in [0.15, 0.2) is 35.7 Å². The van der Waals surface area contributed by atoms with E-state index in [-0.39, 0.29) is 35.8 Å². The summed E-state index contributed by atoms with van der Waals surface area (Å²) >= 11 is 1.27. The van der Waals surface area contributed by atoms with E-state index in [1.54, 1.807) is 11.9 Å². The van der Waals surface area contributed by atoms with E-state index in [0.29, 0.717) is 17.1 Å². The number of benzene rings is 1. The van der Waals surface area contributed by atoms with Gasteiger partial charge >= 0.3 is 12.3 Å². The SMILES string of the molecule is CC[C@H]1C[C@H]1/C=C\CCCCN(C)C(=O)[C@@H]1C[C@H](OC(=O)Nc2cc(C(F)(F)F)ccc2-c2nc(C(C)(C)C)cs2)C[C@H]1C(=O)NC. The van der Waals surface area contributed by atoms with Gasteiger partial charge in [-0.2, -0.15) is 13.2 Å². The Bertz CT molecular complexity index is 1450. The third-order valence-electron chi connectivity index (χ3n) is 9.16. The van der Waals surface area contributed by atoms with Gasteiger partial charge in [0.15, 0.2) is 0 Å². The maximum absolute atomic E-state index is 13.6. The van der Waals surface area contributed by atoms with Crippen molar-refractivity contribution in [3.8, 4) is 10.6 Å². The van der Waals surface area contributed by atoms with E-state index in [2.05, 4.69) is 34.7 Å². The van der Waals surface area contributed by atoms with Crippen LogP contribution >= 0.6 is 11.3 Å². The summed E-state index contributed by atoms with van der Waals surface area (Å²) in [6.07, 6.45) is 3.65. The molecular formula is C35H47F3N4O4S. The Morgan fingerprint density at radius 2 is 1.83 bits per heavy atom. The van der Waals surface area contributed by atoms with Crippen LogP contribution in [0.5, 0.6) is 0 Å². The molecule has 2 saturated carbocycles. The van der Waals surface area contributed by atoms with Crippen LogP contribution < -0.4 is 10.6 Å². The van der Waals surface area contributed by atoms with Crippen LogP contribution in [-0.4, -0.2) is 54.5 Å². The Morgan fingerprint density at radius 1 is 1.11 bits per heavy atom. The van der Waals surface area contributed by atoms with Crippen molar-refractivity contribution in [3.05, 3.63) is 47.0 Å². The lowest BCUT2D eigenvalue weighted by atomic mass is 9.93. The molecule has 2 fully saturated rings. The van der Waals surface area contributed by atoms with E-state index in [1.165, 1.54) is 37.3 Å². The molecule has 1 aromatic carbocycles. The Balaban J connectivity index is 1.39. The number of hydrogen-bond donors (Lipinski definition) is 2. The minimum absolute atomic E-state index is 0.0926. The molecule has 4 rings (SSSR count). The molecule has 1 heterocycles. The number of rotatable bonds is 12. The Morgan fingerprint density at radius 3 is 2.45 bits per heavy atom. The molecule has 8 nitrogen and oxygen atoms in total. The van der Waals surface area contributed by atoms with Gasteiger partial charge in [0, 0.05) is 37.0 Å². The number of alkyl halides is 3. The van der Waals surface area contributed by atoms with E-state index in [1.807, 2.05) is 26.2 Å². The summed E-state index contributed by atoms with van der Waals surface area (Å²) in [6.45, 7) is 8.70. The van der Waals surface area contributed by atoms with Gasteiger partial charge < -0.3 is 15.0 Å². The molecule has 5 atom stereocenters. The van der Waals surface area contributed by atoms with E-state index in [4.69, 9.17) is 4.74 Å². The number of carbonyl (C=O) groups is 3.